The Morgan fingerprint density at radius 2 is 1.93 bits per heavy atom. The summed E-state index contributed by atoms with van der Waals surface area (Å²) in [4.78, 5) is 35.6. The number of H-pyrrole nitrogens is 1. The van der Waals surface area contributed by atoms with Gasteiger partial charge in [0.05, 0.1) is 18.4 Å². The van der Waals surface area contributed by atoms with E-state index in [1.54, 1.807) is 24.3 Å². The van der Waals surface area contributed by atoms with Crippen molar-refractivity contribution in [3.8, 4) is 17.0 Å². The number of benzene rings is 2. The first-order valence-electron chi connectivity index (χ1n) is 8.64. The van der Waals surface area contributed by atoms with Crippen LogP contribution >= 0.6 is 0 Å². The number of methoxy groups -OCH3 is 1. The van der Waals surface area contributed by atoms with E-state index in [-0.39, 0.29) is 16.9 Å². The molecule has 0 saturated carbocycles. The molecule has 1 amide bonds. The lowest BCUT2D eigenvalue weighted by atomic mass is 10.1. The first-order valence-corrected chi connectivity index (χ1v) is 8.64. The fourth-order valence-corrected chi connectivity index (χ4v) is 3.03. The SMILES string of the molecule is COc1ccc(F)cc1-c1cc(NC(=O)c2cc(=O)[nH]c3ccccc23)ncn1. The number of carbonyl (C=O) groups excluding carboxylic acids is 1. The molecule has 4 rings (SSSR count). The largest absolute Gasteiger partial charge is 0.496 e. The summed E-state index contributed by atoms with van der Waals surface area (Å²) in [6, 6.07) is 13.8. The van der Waals surface area contributed by atoms with Gasteiger partial charge in [-0.2, -0.15) is 0 Å². The highest BCUT2D eigenvalue weighted by molar-refractivity contribution is 6.12. The zero-order valence-electron chi connectivity index (χ0n) is 15.3. The third-order valence-electron chi connectivity index (χ3n) is 4.34. The fourth-order valence-electron chi connectivity index (χ4n) is 3.03. The van der Waals surface area contributed by atoms with Crippen molar-refractivity contribution in [1.82, 2.24) is 15.0 Å². The van der Waals surface area contributed by atoms with E-state index in [1.165, 1.54) is 43.8 Å². The molecule has 2 heterocycles. The fraction of sp³-hybridized carbons (Fsp3) is 0.0476. The van der Waals surface area contributed by atoms with E-state index in [1.807, 2.05) is 0 Å². The number of pyridine rings is 1. The number of para-hydroxylation sites is 1. The molecule has 0 unspecified atom stereocenters. The van der Waals surface area contributed by atoms with Crippen molar-refractivity contribution in [2.45, 2.75) is 0 Å². The number of amides is 1. The predicted molar refractivity (Wildman–Crippen MR) is 106 cm³/mol. The summed E-state index contributed by atoms with van der Waals surface area (Å²) in [6.45, 7) is 0. The van der Waals surface area contributed by atoms with Crippen LogP contribution in [-0.4, -0.2) is 28.0 Å². The van der Waals surface area contributed by atoms with Gasteiger partial charge < -0.3 is 15.0 Å². The average Bonchev–Trinajstić information content (AvgIpc) is 2.73. The minimum Gasteiger partial charge on any atom is -0.496 e. The van der Waals surface area contributed by atoms with Crippen LogP contribution in [0.4, 0.5) is 10.2 Å². The Bertz CT molecular complexity index is 1290. The second kappa shape index (κ2) is 7.51. The van der Waals surface area contributed by atoms with Gasteiger partial charge in [-0.3, -0.25) is 9.59 Å². The Morgan fingerprint density at radius 3 is 2.76 bits per heavy atom. The topological polar surface area (TPSA) is 97.0 Å². The van der Waals surface area contributed by atoms with Crippen molar-refractivity contribution in [2.24, 2.45) is 0 Å². The predicted octanol–water partition coefficient (Wildman–Crippen LogP) is 3.39. The molecular formula is C21H15FN4O3. The van der Waals surface area contributed by atoms with Crippen LogP contribution in [0.1, 0.15) is 10.4 Å². The minimum atomic E-state index is -0.497. The molecule has 0 aliphatic carbocycles. The third kappa shape index (κ3) is 3.68. The molecule has 0 bridgehead atoms. The number of nitrogens with zero attached hydrogens (tertiary/aromatic N) is 2. The van der Waals surface area contributed by atoms with Gasteiger partial charge in [0, 0.05) is 28.6 Å². The number of rotatable bonds is 4. The van der Waals surface area contributed by atoms with Crippen LogP contribution in [0, 0.1) is 5.82 Å². The molecular weight excluding hydrogens is 375 g/mol. The van der Waals surface area contributed by atoms with Gasteiger partial charge in [-0.15, -0.1) is 0 Å². The van der Waals surface area contributed by atoms with Crippen molar-refractivity contribution in [3.05, 3.63) is 82.7 Å². The van der Waals surface area contributed by atoms with E-state index in [0.29, 0.717) is 27.9 Å². The zero-order chi connectivity index (χ0) is 20.4. The third-order valence-corrected chi connectivity index (χ3v) is 4.34. The van der Waals surface area contributed by atoms with Crippen LogP contribution in [0.2, 0.25) is 0 Å². The maximum atomic E-state index is 13.7. The molecule has 0 saturated heterocycles. The number of aromatic amines is 1. The highest BCUT2D eigenvalue weighted by atomic mass is 19.1. The van der Waals surface area contributed by atoms with Crippen LogP contribution in [0.15, 0.2) is 65.7 Å². The van der Waals surface area contributed by atoms with Crippen LogP contribution < -0.4 is 15.6 Å². The Hall–Kier alpha value is -4.07. The number of ether oxygens (including phenoxy) is 1. The van der Waals surface area contributed by atoms with Gasteiger partial charge in [-0.1, -0.05) is 18.2 Å². The Kier molecular flexibility index (Phi) is 4.74. The van der Waals surface area contributed by atoms with Crippen LogP contribution in [-0.2, 0) is 0 Å². The van der Waals surface area contributed by atoms with Crippen LogP contribution in [0.25, 0.3) is 22.2 Å². The van der Waals surface area contributed by atoms with Crippen molar-refractivity contribution in [2.75, 3.05) is 12.4 Å². The lowest BCUT2D eigenvalue weighted by molar-refractivity contribution is 0.102. The van der Waals surface area contributed by atoms with Gasteiger partial charge in [-0.25, -0.2) is 14.4 Å². The Morgan fingerprint density at radius 1 is 1.10 bits per heavy atom. The average molecular weight is 390 g/mol. The maximum absolute atomic E-state index is 13.7. The molecule has 2 N–H and O–H groups in total. The van der Waals surface area contributed by atoms with Gasteiger partial charge in [-0.05, 0) is 24.3 Å². The number of anilines is 1. The first-order chi connectivity index (χ1) is 14.0. The van der Waals surface area contributed by atoms with Crippen LogP contribution in [0.3, 0.4) is 0 Å². The van der Waals surface area contributed by atoms with Crippen molar-refractivity contribution in [3.63, 3.8) is 0 Å². The Labute approximate surface area is 164 Å². The first kappa shape index (κ1) is 18.3. The standard InChI is InChI=1S/C21H15FN4O3/c1-29-18-7-6-12(22)8-15(18)17-10-19(24-11-23-17)26-21(28)14-9-20(27)25-16-5-3-2-4-13(14)16/h2-11H,1H3,(H,25,27)(H,23,24,26,28). The second-order valence-corrected chi connectivity index (χ2v) is 6.18. The van der Waals surface area contributed by atoms with E-state index in [0.717, 1.165) is 0 Å². The van der Waals surface area contributed by atoms with Gasteiger partial charge in [0.15, 0.2) is 0 Å². The lowest BCUT2D eigenvalue weighted by Gasteiger charge is -2.10. The summed E-state index contributed by atoms with van der Waals surface area (Å²) in [5, 5.41) is 3.26. The number of nitrogens with one attached hydrogen (secondary N) is 2. The minimum absolute atomic E-state index is 0.204. The molecule has 2 aromatic heterocycles. The summed E-state index contributed by atoms with van der Waals surface area (Å²) in [7, 11) is 1.47. The number of aromatic nitrogens is 3. The highest BCUT2D eigenvalue weighted by Crippen LogP contribution is 2.30. The van der Waals surface area contributed by atoms with Gasteiger partial charge >= 0.3 is 0 Å². The number of fused-ring (bicyclic) bond motifs is 1. The summed E-state index contributed by atoms with van der Waals surface area (Å²) in [5.74, 6) is -0.304. The molecule has 0 radical (unpaired) electrons. The lowest BCUT2D eigenvalue weighted by Crippen LogP contribution is -2.17. The molecule has 0 spiro atoms. The Balaban J connectivity index is 1.70. The number of hydrogen-bond donors (Lipinski definition) is 2. The quantitative estimate of drug-likeness (QED) is 0.557. The molecule has 0 aliphatic heterocycles. The molecule has 29 heavy (non-hydrogen) atoms. The van der Waals surface area contributed by atoms with E-state index in [4.69, 9.17) is 4.74 Å². The normalized spacial score (nSPS) is 10.7. The number of hydrogen-bond acceptors (Lipinski definition) is 5. The molecule has 7 nitrogen and oxygen atoms in total. The molecule has 144 valence electrons. The van der Waals surface area contributed by atoms with Gasteiger partial charge in [0.2, 0.25) is 5.56 Å². The summed E-state index contributed by atoms with van der Waals surface area (Å²) in [5.41, 5.74) is 1.18. The number of halogens is 1. The van der Waals surface area contributed by atoms with Gasteiger partial charge in [0.25, 0.3) is 5.91 Å². The maximum Gasteiger partial charge on any atom is 0.257 e. The molecule has 0 aliphatic rings. The van der Waals surface area contributed by atoms with Gasteiger partial charge in [0.1, 0.15) is 23.7 Å². The number of carbonyl (C=O) groups is 1. The van der Waals surface area contributed by atoms with Crippen molar-refractivity contribution < 1.29 is 13.9 Å². The van der Waals surface area contributed by atoms with E-state index in [2.05, 4.69) is 20.3 Å². The summed E-state index contributed by atoms with van der Waals surface area (Å²) >= 11 is 0. The van der Waals surface area contributed by atoms with E-state index >= 15 is 0 Å². The summed E-state index contributed by atoms with van der Waals surface area (Å²) < 4.78 is 18.9. The van der Waals surface area contributed by atoms with Crippen LogP contribution in [0.5, 0.6) is 5.75 Å². The van der Waals surface area contributed by atoms with E-state index in [9.17, 15) is 14.0 Å². The molecule has 8 heteroatoms. The molecule has 0 fully saturated rings. The zero-order valence-corrected chi connectivity index (χ0v) is 15.3. The summed E-state index contributed by atoms with van der Waals surface area (Å²) in [6.07, 6.45) is 1.26. The van der Waals surface area contributed by atoms with Crippen molar-refractivity contribution in [1.29, 1.82) is 0 Å². The van der Waals surface area contributed by atoms with E-state index < -0.39 is 11.7 Å². The molecule has 4 aromatic rings. The smallest absolute Gasteiger partial charge is 0.257 e. The second-order valence-electron chi connectivity index (χ2n) is 6.18. The highest BCUT2D eigenvalue weighted by Gasteiger charge is 2.14. The molecule has 0 atom stereocenters. The van der Waals surface area contributed by atoms with Crippen molar-refractivity contribution >= 4 is 22.6 Å². The monoisotopic (exact) mass is 390 g/mol. The molecule has 2 aromatic carbocycles.